The molecule has 2 aromatic heterocycles. The van der Waals surface area contributed by atoms with E-state index in [-0.39, 0.29) is 6.61 Å². The largest absolute Gasteiger partial charge is 0.395 e. The maximum atomic E-state index is 9.06. The van der Waals surface area contributed by atoms with Crippen molar-refractivity contribution in [1.82, 2.24) is 14.5 Å². The van der Waals surface area contributed by atoms with Crippen molar-refractivity contribution < 1.29 is 5.11 Å². The van der Waals surface area contributed by atoms with Crippen molar-refractivity contribution >= 4 is 10.9 Å². The molecule has 0 aliphatic rings. The summed E-state index contributed by atoms with van der Waals surface area (Å²) in [6.45, 7) is 0.651. The highest BCUT2D eigenvalue weighted by molar-refractivity contribution is 5.92. The van der Waals surface area contributed by atoms with Crippen LogP contribution in [0.15, 0.2) is 48.9 Å². The molecule has 0 aliphatic carbocycles. The van der Waals surface area contributed by atoms with Crippen LogP contribution in [0, 0.1) is 0 Å². The van der Waals surface area contributed by atoms with E-state index in [1.165, 1.54) is 0 Å². The molecule has 0 saturated carbocycles. The van der Waals surface area contributed by atoms with E-state index < -0.39 is 0 Å². The van der Waals surface area contributed by atoms with Crippen LogP contribution in [-0.4, -0.2) is 26.2 Å². The molecule has 3 aromatic rings. The van der Waals surface area contributed by atoms with E-state index in [0.29, 0.717) is 6.54 Å². The summed E-state index contributed by atoms with van der Waals surface area (Å²) in [5, 5.41) is 10.1. The first-order chi connectivity index (χ1) is 8.90. The highest BCUT2D eigenvalue weighted by Gasteiger charge is 2.09. The fraction of sp³-hybridized carbons (Fsp3) is 0.143. The van der Waals surface area contributed by atoms with Gasteiger partial charge in [-0.05, 0) is 12.1 Å². The summed E-state index contributed by atoms with van der Waals surface area (Å²) in [7, 11) is 0. The van der Waals surface area contributed by atoms with Gasteiger partial charge in [0, 0.05) is 36.1 Å². The van der Waals surface area contributed by atoms with E-state index in [0.717, 1.165) is 22.3 Å². The van der Waals surface area contributed by atoms with E-state index in [9.17, 15) is 0 Å². The Morgan fingerprint density at radius 2 is 1.94 bits per heavy atom. The van der Waals surface area contributed by atoms with Crippen LogP contribution in [0.1, 0.15) is 0 Å². The van der Waals surface area contributed by atoms with Crippen LogP contribution in [0.2, 0.25) is 0 Å². The summed E-state index contributed by atoms with van der Waals surface area (Å²) < 4.78 is 1.95. The first kappa shape index (κ1) is 10.9. The van der Waals surface area contributed by atoms with Gasteiger partial charge in [-0.15, -0.1) is 0 Å². The van der Waals surface area contributed by atoms with Crippen molar-refractivity contribution in [2.24, 2.45) is 0 Å². The van der Waals surface area contributed by atoms with Gasteiger partial charge in [0.15, 0.2) is 0 Å². The number of fused-ring (bicyclic) bond motifs is 1. The molecule has 1 N–H and O–H groups in total. The topological polar surface area (TPSA) is 50.9 Å². The second kappa shape index (κ2) is 4.58. The monoisotopic (exact) mass is 239 g/mol. The van der Waals surface area contributed by atoms with Crippen molar-refractivity contribution in [2.75, 3.05) is 6.61 Å². The summed E-state index contributed by atoms with van der Waals surface area (Å²) in [6.07, 6.45) is 5.41. The van der Waals surface area contributed by atoms with Crippen molar-refractivity contribution in [2.45, 2.75) is 6.54 Å². The van der Waals surface area contributed by atoms with Crippen molar-refractivity contribution in [3.05, 3.63) is 48.9 Å². The van der Waals surface area contributed by atoms with Crippen LogP contribution >= 0.6 is 0 Å². The van der Waals surface area contributed by atoms with Crippen LogP contribution in [0.25, 0.3) is 22.3 Å². The molecule has 0 aliphatic heterocycles. The fourth-order valence-corrected chi connectivity index (χ4v) is 2.13. The molecule has 1 aromatic carbocycles. The molecule has 18 heavy (non-hydrogen) atoms. The summed E-state index contributed by atoms with van der Waals surface area (Å²) in [5.41, 5.74) is 1.99. The normalized spacial score (nSPS) is 10.9. The Bertz CT molecular complexity index is 670. The lowest BCUT2D eigenvalue weighted by molar-refractivity contribution is 0.277. The first-order valence-corrected chi connectivity index (χ1v) is 5.86. The van der Waals surface area contributed by atoms with Crippen molar-refractivity contribution in [1.29, 1.82) is 0 Å². The van der Waals surface area contributed by atoms with Crippen molar-refractivity contribution in [3.8, 4) is 11.4 Å². The van der Waals surface area contributed by atoms with Crippen LogP contribution in [0.5, 0.6) is 0 Å². The predicted molar refractivity (Wildman–Crippen MR) is 70.0 cm³/mol. The van der Waals surface area contributed by atoms with Gasteiger partial charge in [-0.1, -0.05) is 18.2 Å². The number of pyridine rings is 1. The Hall–Kier alpha value is -2.20. The molecule has 0 radical (unpaired) electrons. The van der Waals surface area contributed by atoms with E-state index in [1.54, 1.807) is 12.4 Å². The highest BCUT2D eigenvalue weighted by atomic mass is 16.3. The van der Waals surface area contributed by atoms with Gasteiger partial charge < -0.3 is 9.67 Å². The minimum Gasteiger partial charge on any atom is -0.395 e. The zero-order valence-corrected chi connectivity index (χ0v) is 9.82. The summed E-state index contributed by atoms with van der Waals surface area (Å²) in [4.78, 5) is 8.72. The molecule has 0 amide bonds. The molecule has 0 fully saturated rings. The van der Waals surface area contributed by atoms with E-state index in [1.807, 2.05) is 41.1 Å². The van der Waals surface area contributed by atoms with Gasteiger partial charge in [0.1, 0.15) is 5.82 Å². The second-order valence-electron chi connectivity index (χ2n) is 4.04. The summed E-state index contributed by atoms with van der Waals surface area (Å²) in [6, 6.07) is 9.94. The van der Waals surface area contributed by atoms with Crippen LogP contribution < -0.4 is 0 Å². The Balaban J connectivity index is 2.22. The van der Waals surface area contributed by atoms with Gasteiger partial charge in [-0.25, -0.2) is 4.98 Å². The number of rotatable bonds is 3. The molecule has 3 rings (SSSR count). The number of nitrogens with zero attached hydrogens (tertiary/aromatic N) is 3. The summed E-state index contributed by atoms with van der Waals surface area (Å²) >= 11 is 0. The number of aliphatic hydroxyl groups is 1. The quantitative estimate of drug-likeness (QED) is 0.761. The lowest BCUT2D eigenvalue weighted by Crippen LogP contribution is -2.03. The number of benzene rings is 1. The predicted octanol–water partition coefficient (Wildman–Crippen LogP) is 2.09. The van der Waals surface area contributed by atoms with Crippen LogP contribution in [-0.2, 0) is 6.54 Å². The van der Waals surface area contributed by atoms with E-state index in [4.69, 9.17) is 5.11 Å². The van der Waals surface area contributed by atoms with Gasteiger partial charge in [-0.3, -0.25) is 4.98 Å². The number of hydrogen-bond acceptors (Lipinski definition) is 3. The number of para-hydroxylation sites is 1. The Morgan fingerprint density at radius 1 is 1.06 bits per heavy atom. The third-order valence-electron chi connectivity index (χ3n) is 2.95. The Labute approximate surface area is 105 Å². The molecule has 0 bridgehead atoms. The van der Waals surface area contributed by atoms with Gasteiger partial charge in [0.25, 0.3) is 0 Å². The summed E-state index contributed by atoms with van der Waals surface area (Å²) in [5.74, 6) is 0.864. The average molecular weight is 239 g/mol. The molecule has 0 spiro atoms. The van der Waals surface area contributed by atoms with E-state index in [2.05, 4.69) is 9.97 Å². The lowest BCUT2D eigenvalue weighted by Gasteiger charge is -2.08. The molecule has 90 valence electrons. The third kappa shape index (κ3) is 1.76. The minimum atomic E-state index is 0.104. The average Bonchev–Trinajstić information content (AvgIpc) is 2.87. The Kier molecular flexibility index (Phi) is 2.78. The van der Waals surface area contributed by atoms with Crippen molar-refractivity contribution in [3.63, 3.8) is 0 Å². The second-order valence-corrected chi connectivity index (χ2v) is 4.04. The van der Waals surface area contributed by atoms with E-state index >= 15 is 0 Å². The number of aromatic nitrogens is 3. The Morgan fingerprint density at radius 3 is 2.83 bits per heavy atom. The molecule has 0 unspecified atom stereocenters. The zero-order valence-electron chi connectivity index (χ0n) is 9.82. The smallest absolute Gasteiger partial charge is 0.140 e. The van der Waals surface area contributed by atoms with Gasteiger partial charge in [0.2, 0.25) is 0 Å². The highest BCUT2D eigenvalue weighted by Crippen LogP contribution is 2.25. The standard InChI is InChI=1S/C14H13N3O/c18-10-9-17-8-7-16-14(17)12-5-6-15-13-4-2-1-3-11(12)13/h1-8,18H,9-10H2. The van der Waals surface area contributed by atoms with Crippen LogP contribution in [0.4, 0.5) is 0 Å². The molecular formula is C14H13N3O. The maximum absolute atomic E-state index is 9.06. The zero-order chi connectivity index (χ0) is 12.4. The molecule has 0 atom stereocenters. The fourth-order valence-electron chi connectivity index (χ4n) is 2.13. The third-order valence-corrected chi connectivity index (χ3v) is 2.95. The molecular weight excluding hydrogens is 226 g/mol. The molecule has 4 nitrogen and oxygen atoms in total. The maximum Gasteiger partial charge on any atom is 0.140 e. The number of imidazole rings is 1. The van der Waals surface area contributed by atoms with Gasteiger partial charge >= 0.3 is 0 Å². The molecule has 0 saturated heterocycles. The van der Waals surface area contributed by atoms with Crippen LogP contribution in [0.3, 0.4) is 0 Å². The molecule has 4 heteroatoms. The minimum absolute atomic E-state index is 0.104. The molecule has 2 heterocycles. The van der Waals surface area contributed by atoms with Gasteiger partial charge in [-0.2, -0.15) is 0 Å². The SMILES string of the molecule is OCCn1ccnc1-c1ccnc2ccccc12. The number of aliphatic hydroxyl groups excluding tert-OH is 1. The number of hydrogen-bond donors (Lipinski definition) is 1. The lowest BCUT2D eigenvalue weighted by atomic mass is 10.1. The van der Waals surface area contributed by atoms with Gasteiger partial charge in [0.05, 0.1) is 12.1 Å². The first-order valence-electron chi connectivity index (χ1n) is 5.86.